The second-order valence-corrected chi connectivity index (χ2v) is 6.82. The van der Waals surface area contributed by atoms with Crippen LogP contribution in [-0.2, 0) is 10.0 Å². The smallest absolute Gasteiger partial charge is 0.248 e. The summed E-state index contributed by atoms with van der Waals surface area (Å²) >= 11 is 0. The number of nitrogens with one attached hydrogen (secondary N) is 1. The van der Waals surface area contributed by atoms with Crippen LogP contribution in [-0.4, -0.2) is 44.8 Å². The molecule has 1 aliphatic heterocycles. The van der Waals surface area contributed by atoms with Gasteiger partial charge in [0, 0.05) is 24.7 Å². The van der Waals surface area contributed by atoms with Crippen LogP contribution >= 0.6 is 12.4 Å². The maximum absolute atomic E-state index is 12.6. The van der Waals surface area contributed by atoms with Gasteiger partial charge in [-0.15, -0.1) is 12.4 Å². The summed E-state index contributed by atoms with van der Waals surface area (Å²) in [6.07, 6.45) is 1.78. The fourth-order valence-corrected chi connectivity index (χ4v) is 3.93. The second-order valence-electron chi connectivity index (χ2n) is 4.88. The van der Waals surface area contributed by atoms with E-state index in [1.807, 2.05) is 7.05 Å². The van der Waals surface area contributed by atoms with Crippen LogP contribution in [0.3, 0.4) is 0 Å². The number of piperidine rings is 1. The summed E-state index contributed by atoms with van der Waals surface area (Å²) in [5, 5.41) is 3.11. The van der Waals surface area contributed by atoms with Crippen LogP contribution in [0.4, 0.5) is 0 Å². The highest BCUT2D eigenvalue weighted by atomic mass is 35.5. The van der Waals surface area contributed by atoms with E-state index in [2.05, 4.69) is 5.32 Å². The van der Waals surface area contributed by atoms with Crippen LogP contribution in [0.1, 0.15) is 23.2 Å². The number of hydrogen-bond acceptors (Lipinski definition) is 4. The molecule has 1 saturated heterocycles. The molecular weight excluding hydrogens is 314 g/mol. The van der Waals surface area contributed by atoms with Gasteiger partial charge in [0.15, 0.2) is 0 Å². The molecule has 0 radical (unpaired) electrons. The zero-order chi connectivity index (χ0) is 14.8. The van der Waals surface area contributed by atoms with Crippen molar-refractivity contribution in [2.45, 2.75) is 23.8 Å². The molecule has 1 heterocycles. The Balaban J connectivity index is 0.00000220. The molecule has 0 aliphatic carbocycles. The van der Waals surface area contributed by atoms with Crippen LogP contribution in [0.5, 0.6) is 0 Å². The number of benzene rings is 1. The molecule has 1 aliphatic rings. The lowest BCUT2D eigenvalue weighted by molar-refractivity contribution is 0.1000. The van der Waals surface area contributed by atoms with Gasteiger partial charge in [0.25, 0.3) is 0 Å². The number of amides is 1. The third-order valence-corrected chi connectivity index (χ3v) is 5.41. The number of nitrogens with two attached hydrogens (primary N) is 1. The molecular formula is C13H20ClN3O3S. The van der Waals surface area contributed by atoms with Gasteiger partial charge in [-0.2, -0.15) is 4.31 Å². The molecule has 0 bridgehead atoms. The first kappa shape index (κ1) is 17.9. The van der Waals surface area contributed by atoms with E-state index in [0.29, 0.717) is 13.1 Å². The number of primary amides is 1. The standard InChI is InChI=1S/C13H19N3O3S.ClH/c1-15-11-5-3-7-16(9-11)20(18,19)12-6-2-4-10(8-12)13(14)17;/h2,4,6,8,11,15H,3,5,7,9H2,1H3,(H2,14,17);1H. The lowest BCUT2D eigenvalue weighted by atomic mass is 10.1. The van der Waals surface area contributed by atoms with E-state index in [4.69, 9.17) is 5.73 Å². The van der Waals surface area contributed by atoms with Gasteiger partial charge in [0.05, 0.1) is 4.90 Å². The average molecular weight is 334 g/mol. The quantitative estimate of drug-likeness (QED) is 0.843. The van der Waals surface area contributed by atoms with Crippen molar-refractivity contribution >= 4 is 28.3 Å². The predicted octanol–water partition coefficient (Wildman–Crippen LogP) is 0.580. The largest absolute Gasteiger partial charge is 0.366 e. The van der Waals surface area contributed by atoms with Crippen molar-refractivity contribution in [3.05, 3.63) is 29.8 Å². The fraction of sp³-hybridized carbons (Fsp3) is 0.462. The lowest BCUT2D eigenvalue weighted by Crippen LogP contribution is -2.46. The molecule has 0 saturated carbocycles. The SMILES string of the molecule is CNC1CCCN(S(=O)(=O)c2cccc(C(N)=O)c2)C1.Cl. The molecule has 0 aromatic heterocycles. The Bertz CT molecular complexity index is 606. The van der Waals surface area contributed by atoms with Crippen LogP contribution < -0.4 is 11.1 Å². The van der Waals surface area contributed by atoms with E-state index in [1.165, 1.54) is 28.6 Å². The van der Waals surface area contributed by atoms with Crippen LogP contribution in [0, 0.1) is 0 Å². The summed E-state index contributed by atoms with van der Waals surface area (Å²) in [6.45, 7) is 0.945. The van der Waals surface area contributed by atoms with Crippen molar-refractivity contribution in [3.8, 4) is 0 Å². The summed E-state index contributed by atoms with van der Waals surface area (Å²) in [7, 11) is -1.75. The first-order chi connectivity index (χ1) is 9.45. The number of carbonyl (C=O) groups is 1. The minimum atomic E-state index is -3.58. The Hall–Kier alpha value is -1.15. The van der Waals surface area contributed by atoms with Crippen molar-refractivity contribution in [3.63, 3.8) is 0 Å². The Morgan fingerprint density at radius 2 is 2.14 bits per heavy atom. The number of carbonyl (C=O) groups excluding carboxylic acids is 1. The molecule has 1 aromatic carbocycles. The first-order valence-electron chi connectivity index (χ1n) is 6.52. The van der Waals surface area contributed by atoms with Crippen molar-refractivity contribution < 1.29 is 13.2 Å². The van der Waals surface area contributed by atoms with Crippen molar-refractivity contribution in [2.75, 3.05) is 20.1 Å². The molecule has 1 amide bonds. The fourth-order valence-electron chi connectivity index (χ4n) is 2.36. The Morgan fingerprint density at radius 1 is 1.43 bits per heavy atom. The topological polar surface area (TPSA) is 92.5 Å². The monoisotopic (exact) mass is 333 g/mol. The molecule has 1 aromatic rings. The Kier molecular flexibility index (Phi) is 6.15. The van der Waals surface area contributed by atoms with Crippen LogP contribution in [0.2, 0.25) is 0 Å². The maximum Gasteiger partial charge on any atom is 0.248 e. The summed E-state index contributed by atoms with van der Waals surface area (Å²) in [6, 6.07) is 6.03. The van der Waals surface area contributed by atoms with Crippen LogP contribution in [0.15, 0.2) is 29.2 Å². The molecule has 21 heavy (non-hydrogen) atoms. The minimum absolute atomic E-state index is 0. The van der Waals surface area contributed by atoms with Gasteiger partial charge in [-0.3, -0.25) is 4.79 Å². The molecule has 3 N–H and O–H groups in total. The van der Waals surface area contributed by atoms with E-state index in [1.54, 1.807) is 0 Å². The number of hydrogen-bond donors (Lipinski definition) is 2. The summed E-state index contributed by atoms with van der Waals surface area (Å²) in [4.78, 5) is 11.3. The van der Waals surface area contributed by atoms with E-state index in [0.717, 1.165) is 12.8 Å². The molecule has 6 nitrogen and oxygen atoms in total. The Labute approximate surface area is 131 Å². The highest BCUT2D eigenvalue weighted by molar-refractivity contribution is 7.89. The number of halogens is 1. The van der Waals surface area contributed by atoms with E-state index in [-0.39, 0.29) is 28.9 Å². The van der Waals surface area contributed by atoms with Gasteiger partial charge in [-0.25, -0.2) is 8.42 Å². The highest BCUT2D eigenvalue weighted by Crippen LogP contribution is 2.21. The molecule has 1 fully saturated rings. The van der Waals surface area contributed by atoms with Gasteiger partial charge in [0.2, 0.25) is 15.9 Å². The summed E-state index contributed by atoms with van der Waals surface area (Å²) in [5.41, 5.74) is 5.39. The third kappa shape index (κ3) is 3.94. The zero-order valence-corrected chi connectivity index (χ0v) is 13.4. The van der Waals surface area contributed by atoms with Crippen LogP contribution in [0.25, 0.3) is 0 Å². The van der Waals surface area contributed by atoms with Crippen molar-refractivity contribution in [2.24, 2.45) is 5.73 Å². The summed E-state index contributed by atoms with van der Waals surface area (Å²) in [5.74, 6) is -0.631. The van der Waals surface area contributed by atoms with Gasteiger partial charge >= 0.3 is 0 Å². The number of rotatable bonds is 4. The minimum Gasteiger partial charge on any atom is -0.366 e. The number of sulfonamides is 1. The molecule has 0 spiro atoms. The third-order valence-electron chi connectivity index (χ3n) is 3.55. The molecule has 2 rings (SSSR count). The normalized spacial score (nSPS) is 19.8. The first-order valence-corrected chi connectivity index (χ1v) is 7.96. The predicted molar refractivity (Wildman–Crippen MR) is 83.0 cm³/mol. The van der Waals surface area contributed by atoms with Crippen molar-refractivity contribution in [1.82, 2.24) is 9.62 Å². The molecule has 8 heteroatoms. The maximum atomic E-state index is 12.6. The lowest BCUT2D eigenvalue weighted by Gasteiger charge is -2.31. The van der Waals surface area contributed by atoms with Gasteiger partial charge in [0.1, 0.15) is 0 Å². The number of likely N-dealkylation sites (N-methyl/N-ethyl adjacent to an activating group) is 1. The number of nitrogens with zero attached hydrogens (tertiary/aromatic N) is 1. The summed E-state index contributed by atoms with van der Waals surface area (Å²) < 4.78 is 26.6. The molecule has 118 valence electrons. The zero-order valence-electron chi connectivity index (χ0n) is 11.8. The van der Waals surface area contributed by atoms with Gasteiger partial charge in [-0.05, 0) is 38.1 Å². The van der Waals surface area contributed by atoms with E-state index < -0.39 is 15.9 Å². The van der Waals surface area contributed by atoms with Gasteiger partial charge < -0.3 is 11.1 Å². The molecule has 1 unspecified atom stereocenters. The van der Waals surface area contributed by atoms with Crippen molar-refractivity contribution in [1.29, 1.82) is 0 Å². The average Bonchev–Trinajstić information content (AvgIpc) is 2.47. The molecule has 1 atom stereocenters. The van der Waals surface area contributed by atoms with E-state index in [9.17, 15) is 13.2 Å². The van der Waals surface area contributed by atoms with E-state index >= 15 is 0 Å². The van der Waals surface area contributed by atoms with Gasteiger partial charge in [-0.1, -0.05) is 6.07 Å². The second kappa shape index (κ2) is 7.22. The Morgan fingerprint density at radius 3 is 2.76 bits per heavy atom. The highest BCUT2D eigenvalue weighted by Gasteiger charge is 2.29.